The van der Waals surface area contributed by atoms with Crippen molar-refractivity contribution in [2.45, 2.75) is 32.4 Å². The number of hydrogen-bond acceptors (Lipinski definition) is 5. The van der Waals surface area contributed by atoms with Gasteiger partial charge in [-0.15, -0.1) is 0 Å². The molecule has 3 heterocycles. The van der Waals surface area contributed by atoms with E-state index in [0.717, 1.165) is 56.4 Å². The number of imidazole rings is 1. The molecule has 2 aromatic carbocycles. The Balaban J connectivity index is 1.46. The zero-order valence-corrected chi connectivity index (χ0v) is 19.3. The second-order valence-corrected chi connectivity index (χ2v) is 8.96. The van der Waals surface area contributed by atoms with Gasteiger partial charge in [0.1, 0.15) is 11.3 Å². The van der Waals surface area contributed by atoms with Crippen molar-refractivity contribution in [1.29, 1.82) is 0 Å². The average molecular weight is 483 g/mol. The lowest BCUT2D eigenvalue weighted by molar-refractivity contribution is 0.339. The van der Waals surface area contributed by atoms with Crippen molar-refractivity contribution in [1.82, 2.24) is 24.8 Å². The highest BCUT2D eigenvalue weighted by Gasteiger charge is 2.19. The zero-order valence-electron chi connectivity index (χ0n) is 18.6. The van der Waals surface area contributed by atoms with Crippen LogP contribution in [0, 0.1) is 17.6 Å². The molecule has 0 aliphatic carbocycles. The molecule has 4 aromatic rings. The SMILES string of the molecule is Fc1ccc(CNc2ncc3nc(-c4ccccc4Cl)n(CCC4CCNCC4)c3n2)cc1F. The van der Waals surface area contributed by atoms with Crippen molar-refractivity contribution >= 4 is 28.7 Å². The van der Waals surface area contributed by atoms with Gasteiger partial charge in [0.15, 0.2) is 17.3 Å². The highest BCUT2D eigenvalue weighted by molar-refractivity contribution is 6.33. The van der Waals surface area contributed by atoms with Crippen molar-refractivity contribution in [2.24, 2.45) is 5.92 Å². The maximum absolute atomic E-state index is 13.5. The van der Waals surface area contributed by atoms with Crippen LogP contribution < -0.4 is 10.6 Å². The molecule has 1 aliphatic heterocycles. The van der Waals surface area contributed by atoms with E-state index in [1.807, 2.05) is 24.3 Å². The molecule has 2 N–H and O–H groups in total. The summed E-state index contributed by atoms with van der Waals surface area (Å²) in [6, 6.07) is 11.5. The second kappa shape index (κ2) is 10.0. The summed E-state index contributed by atoms with van der Waals surface area (Å²) in [5.41, 5.74) is 2.84. The van der Waals surface area contributed by atoms with E-state index < -0.39 is 11.6 Å². The molecule has 0 radical (unpaired) electrons. The first-order valence-corrected chi connectivity index (χ1v) is 11.8. The first-order valence-electron chi connectivity index (χ1n) is 11.4. The molecule has 0 bridgehead atoms. The van der Waals surface area contributed by atoms with Gasteiger partial charge in [-0.1, -0.05) is 29.8 Å². The summed E-state index contributed by atoms with van der Waals surface area (Å²) < 4.78 is 28.9. The van der Waals surface area contributed by atoms with Gasteiger partial charge in [0.2, 0.25) is 5.95 Å². The summed E-state index contributed by atoms with van der Waals surface area (Å²) in [7, 11) is 0. The Hall–Kier alpha value is -3.10. The maximum Gasteiger partial charge on any atom is 0.225 e. The van der Waals surface area contributed by atoms with Crippen LogP contribution >= 0.6 is 11.6 Å². The number of aromatic nitrogens is 4. The topological polar surface area (TPSA) is 67.7 Å². The summed E-state index contributed by atoms with van der Waals surface area (Å²) in [5.74, 6) is 0.0559. The van der Waals surface area contributed by atoms with E-state index in [-0.39, 0.29) is 6.54 Å². The number of hydrogen-bond donors (Lipinski definition) is 2. The molecule has 0 spiro atoms. The third kappa shape index (κ3) is 4.88. The van der Waals surface area contributed by atoms with Crippen LogP contribution in [0.3, 0.4) is 0 Å². The van der Waals surface area contributed by atoms with E-state index in [9.17, 15) is 8.78 Å². The number of aryl methyl sites for hydroxylation is 1. The molecular weight excluding hydrogens is 458 g/mol. The van der Waals surface area contributed by atoms with Gasteiger partial charge in [-0.05, 0) is 68.1 Å². The van der Waals surface area contributed by atoms with Crippen LogP contribution in [0.15, 0.2) is 48.7 Å². The van der Waals surface area contributed by atoms with Gasteiger partial charge in [0, 0.05) is 18.7 Å². The standard InChI is InChI=1S/C25H25ClF2N6/c26-19-4-2-1-3-18(19)23-32-22-15-31-25(30-14-17-5-6-20(27)21(28)13-17)33-24(22)34(23)12-9-16-7-10-29-11-8-16/h1-6,13,15-16,29H,7-12,14H2,(H,30,31,33). The van der Waals surface area contributed by atoms with Crippen molar-refractivity contribution in [3.63, 3.8) is 0 Å². The molecule has 1 saturated heterocycles. The highest BCUT2D eigenvalue weighted by atomic mass is 35.5. The summed E-state index contributed by atoms with van der Waals surface area (Å²) >= 11 is 6.51. The maximum atomic E-state index is 13.5. The van der Waals surface area contributed by atoms with Gasteiger partial charge in [-0.2, -0.15) is 4.98 Å². The van der Waals surface area contributed by atoms with E-state index in [0.29, 0.717) is 33.6 Å². The molecular formula is C25H25ClF2N6. The molecule has 6 nitrogen and oxygen atoms in total. The molecule has 1 fully saturated rings. The molecule has 5 rings (SSSR count). The van der Waals surface area contributed by atoms with E-state index in [2.05, 4.69) is 20.2 Å². The summed E-state index contributed by atoms with van der Waals surface area (Å²) in [6.07, 6.45) is 5.01. The molecule has 0 atom stereocenters. The van der Waals surface area contributed by atoms with Gasteiger partial charge in [-0.25, -0.2) is 18.7 Å². The minimum Gasteiger partial charge on any atom is -0.350 e. The third-order valence-corrected chi connectivity index (χ3v) is 6.59. The normalized spacial score (nSPS) is 14.6. The van der Waals surface area contributed by atoms with E-state index in [4.69, 9.17) is 21.6 Å². The summed E-state index contributed by atoms with van der Waals surface area (Å²) in [4.78, 5) is 13.9. The van der Waals surface area contributed by atoms with Crippen LogP contribution in [-0.4, -0.2) is 32.6 Å². The van der Waals surface area contributed by atoms with E-state index in [1.165, 1.54) is 12.1 Å². The third-order valence-electron chi connectivity index (χ3n) is 6.26. The smallest absolute Gasteiger partial charge is 0.225 e. The molecule has 176 valence electrons. The number of anilines is 1. The quantitative estimate of drug-likeness (QED) is 0.368. The fourth-order valence-electron chi connectivity index (χ4n) is 4.38. The Morgan fingerprint density at radius 1 is 1.06 bits per heavy atom. The fourth-order valence-corrected chi connectivity index (χ4v) is 4.60. The number of halogens is 3. The Kier molecular flexibility index (Phi) is 6.69. The minimum atomic E-state index is -0.879. The molecule has 0 unspecified atom stereocenters. The first kappa shape index (κ1) is 22.7. The predicted octanol–water partition coefficient (Wildman–Crippen LogP) is 5.43. The predicted molar refractivity (Wildman–Crippen MR) is 130 cm³/mol. The number of fused-ring (bicyclic) bond motifs is 1. The van der Waals surface area contributed by atoms with Crippen molar-refractivity contribution in [3.05, 3.63) is 70.9 Å². The summed E-state index contributed by atoms with van der Waals surface area (Å²) in [5, 5.41) is 7.15. The zero-order chi connectivity index (χ0) is 23.5. The van der Waals surface area contributed by atoms with Gasteiger partial charge in [0.05, 0.1) is 11.2 Å². The van der Waals surface area contributed by atoms with Crippen molar-refractivity contribution in [2.75, 3.05) is 18.4 Å². The van der Waals surface area contributed by atoms with Crippen LogP contribution in [0.25, 0.3) is 22.6 Å². The monoisotopic (exact) mass is 482 g/mol. The largest absolute Gasteiger partial charge is 0.350 e. The molecule has 9 heteroatoms. The lowest BCUT2D eigenvalue weighted by atomic mass is 9.95. The van der Waals surface area contributed by atoms with Gasteiger partial charge >= 0.3 is 0 Å². The van der Waals surface area contributed by atoms with Crippen LogP contribution in [0.5, 0.6) is 0 Å². The molecule has 0 amide bonds. The lowest BCUT2D eigenvalue weighted by Crippen LogP contribution is -2.28. The van der Waals surface area contributed by atoms with E-state index >= 15 is 0 Å². The number of benzene rings is 2. The lowest BCUT2D eigenvalue weighted by Gasteiger charge is -2.23. The second-order valence-electron chi connectivity index (χ2n) is 8.55. The Morgan fingerprint density at radius 3 is 2.68 bits per heavy atom. The first-order chi connectivity index (χ1) is 16.6. The Bertz CT molecular complexity index is 1300. The number of nitrogens with zero attached hydrogens (tertiary/aromatic N) is 4. The fraction of sp³-hybridized carbons (Fsp3) is 0.320. The molecule has 1 aliphatic rings. The van der Waals surface area contributed by atoms with E-state index in [1.54, 1.807) is 6.20 Å². The molecule has 34 heavy (non-hydrogen) atoms. The Morgan fingerprint density at radius 2 is 1.88 bits per heavy atom. The molecule has 2 aromatic heterocycles. The van der Waals surface area contributed by atoms with Crippen molar-refractivity contribution in [3.8, 4) is 11.4 Å². The van der Waals surface area contributed by atoms with Gasteiger partial charge in [-0.3, -0.25) is 0 Å². The average Bonchev–Trinajstić information content (AvgIpc) is 3.22. The molecule has 0 saturated carbocycles. The van der Waals surface area contributed by atoms with Crippen LogP contribution in [0.1, 0.15) is 24.8 Å². The van der Waals surface area contributed by atoms with Crippen molar-refractivity contribution < 1.29 is 8.78 Å². The minimum absolute atomic E-state index is 0.267. The van der Waals surface area contributed by atoms with Crippen LogP contribution in [0.4, 0.5) is 14.7 Å². The summed E-state index contributed by atoms with van der Waals surface area (Å²) in [6.45, 7) is 3.13. The number of piperidine rings is 1. The highest BCUT2D eigenvalue weighted by Crippen LogP contribution is 2.31. The van der Waals surface area contributed by atoms with Gasteiger partial charge in [0.25, 0.3) is 0 Å². The number of rotatable bonds is 7. The van der Waals surface area contributed by atoms with Crippen LogP contribution in [0.2, 0.25) is 5.02 Å². The number of nitrogens with one attached hydrogen (secondary N) is 2. The van der Waals surface area contributed by atoms with Gasteiger partial charge < -0.3 is 15.2 Å². The Labute approximate surface area is 201 Å². The van der Waals surface area contributed by atoms with Crippen LogP contribution in [-0.2, 0) is 13.1 Å².